The van der Waals surface area contributed by atoms with E-state index in [1.807, 2.05) is 24.3 Å². The average Bonchev–Trinajstić information content (AvgIpc) is 3.07. The van der Waals surface area contributed by atoms with Crippen LogP contribution in [0.1, 0.15) is 24.1 Å². The van der Waals surface area contributed by atoms with Crippen LogP contribution < -0.4 is 11.1 Å². The molecule has 0 radical (unpaired) electrons. The summed E-state index contributed by atoms with van der Waals surface area (Å²) in [6.45, 7) is 0.395. The van der Waals surface area contributed by atoms with Crippen molar-refractivity contribution in [2.75, 3.05) is 5.73 Å². The van der Waals surface area contributed by atoms with Gasteiger partial charge in [0.05, 0.1) is 12.0 Å². The predicted octanol–water partition coefficient (Wildman–Crippen LogP) is 1.60. The number of rotatable bonds is 4. The Kier molecular flexibility index (Phi) is 2.74. The van der Waals surface area contributed by atoms with E-state index >= 15 is 0 Å². The molecule has 1 heterocycles. The lowest BCUT2D eigenvalue weighted by atomic mass is 9.95. The Hall–Kier alpha value is -2.30. The zero-order valence-corrected chi connectivity index (χ0v) is 10.4. The molecular formula is C14H15N3O2. The van der Waals surface area contributed by atoms with E-state index in [1.54, 1.807) is 6.07 Å². The highest BCUT2D eigenvalue weighted by molar-refractivity contribution is 5.91. The second-order valence-electron chi connectivity index (χ2n) is 4.88. The summed E-state index contributed by atoms with van der Waals surface area (Å²) >= 11 is 0. The second-order valence-corrected chi connectivity index (χ2v) is 4.88. The van der Waals surface area contributed by atoms with Crippen LogP contribution in [0.25, 0.3) is 0 Å². The van der Waals surface area contributed by atoms with Gasteiger partial charge >= 0.3 is 0 Å². The average molecular weight is 257 g/mol. The molecule has 0 spiro atoms. The number of carbonyl (C=O) groups is 1. The number of aromatic nitrogens is 1. The van der Waals surface area contributed by atoms with Crippen molar-refractivity contribution in [3.8, 4) is 0 Å². The van der Waals surface area contributed by atoms with Gasteiger partial charge < -0.3 is 15.6 Å². The van der Waals surface area contributed by atoms with E-state index in [0.717, 1.165) is 24.1 Å². The Bertz CT molecular complexity index is 571. The Labute approximate surface area is 110 Å². The van der Waals surface area contributed by atoms with Crippen LogP contribution >= 0.6 is 0 Å². The van der Waals surface area contributed by atoms with E-state index in [9.17, 15) is 4.79 Å². The first-order valence-electron chi connectivity index (χ1n) is 6.24. The number of hydrogen-bond donors (Lipinski definition) is 2. The highest BCUT2D eigenvalue weighted by Gasteiger charge is 2.51. The molecule has 0 unspecified atom stereocenters. The van der Waals surface area contributed by atoms with Crippen LogP contribution in [0, 0.1) is 0 Å². The van der Waals surface area contributed by atoms with Gasteiger partial charge in [0, 0.05) is 11.8 Å². The fourth-order valence-corrected chi connectivity index (χ4v) is 2.24. The SMILES string of the molecule is Nc1ccc(C2(C(=O)NCc3ccon3)CC2)cc1. The van der Waals surface area contributed by atoms with Crippen molar-refractivity contribution in [3.05, 3.63) is 47.9 Å². The largest absolute Gasteiger partial charge is 0.399 e. The van der Waals surface area contributed by atoms with Crippen molar-refractivity contribution < 1.29 is 9.32 Å². The summed E-state index contributed by atoms with van der Waals surface area (Å²) in [5, 5.41) is 6.68. The van der Waals surface area contributed by atoms with Crippen LogP contribution in [-0.4, -0.2) is 11.1 Å². The molecule has 2 aromatic rings. The van der Waals surface area contributed by atoms with Gasteiger partial charge in [0.2, 0.25) is 5.91 Å². The number of nitrogens with zero attached hydrogens (tertiary/aromatic N) is 1. The van der Waals surface area contributed by atoms with E-state index in [4.69, 9.17) is 10.3 Å². The molecule has 19 heavy (non-hydrogen) atoms. The summed E-state index contributed by atoms with van der Waals surface area (Å²) in [4.78, 5) is 12.3. The van der Waals surface area contributed by atoms with Crippen LogP contribution in [0.4, 0.5) is 5.69 Å². The van der Waals surface area contributed by atoms with E-state index in [1.165, 1.54) is 6.26 Å². The van der Waals surface area contributed by atoms with E-state index in [2.05, 4.69) is 10.5 Å². The molecule has 0 atom stereocenters. The van der Waals surface area contributed by atoms with Crippen molar-refractivity contribution in [2.45, 2.75) is 24.8 Å². The first kappa shape index (κ1) is 11.8. The molecule has 1 fully saturated rings. The van der Waals surface area contributed by atoms with Crippen molar-refractivity contribution in [2.24, 2.45) is 0 Å². The summed E-state index contributed by atoms with van der Waals surface area (Å²) in [6.07, 6.45) is 3.25. The third-order valence-electron chi connectivity index (χ3n) is 3.57. The van der Waals surface area contributed by atoms with Crippen LogP contribution in [-0.2, 0) is 16.8 Å². The van der Waals surface area contributed by atoms with E-state index in [-0.39, 0.29) is 11.3 Å². The lowest BCUT2D eigenvalue weighted by molar-refractivity contribution is -0.123. The fourth-order valence-electron chi connectivity index (χ4n) is 2.24. The number of hydrogen-bond acceptors (Lipinski definition) is 4. The smallest absolute Gasteiger partial charge is 0.230 e. The van der Waals surface area contributed by atoms with Crippen molar-refractivity contribution in [1.29, 1.82) is 0 Å². The Balaban J connectivity index is 1.70. The minimum Gasteiger partial charge on any atom is -0.399 e. The van der Waals surface area contributed by atoms with Crippen molar-refractivity contribution in [1.82, 2.24) is 10.5 Å². The van der Waals surface area contributed by atoms with E-state index < -0.39 is 0 Å². The lowest BCUT2D eigenvalue weighted by Crippen LogP contribution is -2.34. The van der Waals surface area contributed by atoms with Crippen molar-refractivity contribution in [3.63, 3.8) is 0 Å². The maximum atomic E-state index is 12.3. The standard InChI is InChI=1S/C14H15N3O2/c15-11-3-1-10(2-4-11)14(6-7-14)13(18)16-9-12-5-8-19-17-12/h1-5,8H,6-7,9,15H2,(H,16,18). The van der Waals surface area contributed by atoms with Gasteiger partial charge in [-0.25, -0.2) is 0 Å². The third kappa shape index (κ3) is 2.19. The van der Waals surface area contributed by atoms with Crippen LogP contribution in [0.15, 0.2) is 41.1 Å². The number of benzene rings is 1. The minimum absolute atomic E-state index is 0.0419. The molecule has 1 aromatic heterocycles. The van der Waals surface area contributed by atoms with Gasteiger partial charge in [-0.1, -0.05) is 17.3 Å². The molecule has 1 aromatic carbocycles. The Morgan fingerprint density at radius 2 is 2.05 bits per heavy atom. The van der Waals surface area contributed by atoms with Gasteiger partial charge in [0.1, 0.15) is 12.0 Å². The van der Waals surface area contributed by atoms with Crippen molar-refractivity contribution >= 4 is 11.6 Å². The quantitative estimate of drug-likeness (QED) is 0.815. The Morgan fingerprint density at radius 1 is 1.32 bits per heavy atom. The first-order valence-corrected chi connectivity index (χ1v) is 6.24. The third-order valence-corrected chi connectivity index (χ3v) is 3.57. The van der Waals surface area contributed by atoms with Gasteiger partial charge in [-0.2, -0.15) is 0 Å². The summed E-state index contributed by atoms with van der Waals surface area (Å²) < 4.78 is 4.73. The van der Waals surface area contributed by atoms with Crippen LogP contribution in [0.5, 0.6) is 0 Å². The molecule has 1 saturated carbocycles. The molecule has 3 N–H and O–H groups in total. The highest BCUT2D eigenvalue weighted by Crippen LogP contribution is 2.48. The van der Waals surface area contributed by atoms with E-state index in [0.29, 0.717) is 12.2 Å². The molecule has 3 rings (SSSR count). The lowest BCUT2D eigenvalue weighted by Gasteiger charge is -2.15. The molecule has 1 amide bonds. The number of anilines is 1. The summed E-state index contributed by atoms with van der Waals surface area (Å²) in [5.74, 6) is 0.0419. The molecule has 98 valence electrons. The number of carbonyl (C=O) groups excluding carboxylic acids is 1. The van der Waals surface area contributed by atoms with Crippen LogP contribution in [0.2, 0.25) is 0 Å². The number of nitrogen functional groups attached to an aromatic ring is 1. The topological polar surface area (TPSA) is 81.2 Å². The number of nitrogens with one attached hydrogen (secondary N) is 1. The maximum absolute atomic E-state index is 12.3. The molecule has 0 bridgehead atoms. The molecule has 0 saturated heterocycles. The minimum atomic E-state index is -0.378. The number of nitrogens with two attached hydrogens (primary N) is 1. The highest BCUT2D eigenvalue weighted by atomic mass is 16.5. The monoisotopic (exact) mass is 257 g/mol. The molecule has 0 aliphatic heterocycles. The van der Waals surface area contributed by atoms with Gasteiger partial charge in [-0.15, -0.1) is 0 Å². The maximum Gasteiger partial charge on any atom is 0.230 e. The molecule has 5 nitrogen and oxygen atoms in total. The second kappa shape index (κ2) is 4.42. The zero-order valence-electron chi connectivity index (χ0n) is 10.4. The predicted molar refractivity (Wildman–Crippen MR) is 70.1 cm³/mol. The summed E-state index contributed by atoms with van der Waals surface area (Å²) in [7, 11) is 0. The molecule has 5 heteroatoms. The normalized spacial score (nSPS) is 16.0. The molecular weight excluding hydrogens is 242 g/mol. The molecule has 1 aliphatic rings. The zero-order chi connectivity index (χ0) is 13.3. The van der Waals surface area contributed by atoms with Gasteiger partial charge in [0.25, 0.3) is 0 Å². The van der Waals surface area contributed by atoms with Gasteiger partial charge in [0.15, 0.2) is 0 Å². The summed E-state index contributed by atoms with van der Waals surface area (Å²) in [5.41, 5.74) is 7.75. The fraction of sp³-hybridized carbons (Fsp3) is 0.286. The summed E-state index contributed by atoms with van der Waals surface area (Å²) in [6, 6.07) is 9.26. The van der Waals surface area contributed by atoms with Gasteiger partial charge in [-0.05, 0) is 30.5 Å². The number of amides is 1. The molecule has 1 aliphatic carbocycles. The first-order chi connectivity index (χ1) is 9.21. The van der Waals surface area contributed by atoms with Crippen LogP contribution in [0.3, 0.4) is 0 Å². The Morgan fingerprint density at radius 3 is 2.63 bits per heavy atom. The van der Waals surface area contributed by atoms with Gasteiger partial charge in [-0.3, -0.25) is 4.79 Å².